The number of hydrogen-bond acceptors (Lipinski definition) is 5. The number of benzene rings is 2. The molecule has 138 valence electrons. The highest BCUT2D eigenvalue weighted by molar-refractivity contribution is 7.14. The van der Waals surface area contributed by atoms with Crippen LogP contribution in [0.3, 0.4) is 0 Å². The van der Waals surface area contributed by atoms with Crippen molar-refractivity contribution in [3.8, 4) is 5.75 Å². The van der Waals surface area contributed by atoms with Crippen molar-refractivity contribution in [1.82, 2.24) is 4.98 Å². The van der Waals surface area contributed by atoms with Crippen molar-refractivity contribution < 1.29 is 14.3 Å². The molecular weight excluding hydrogens is 388 g/mol. The zero-order chi connectivity index (χ0) is 19.2. The van der Waals surface area contributed by atoms with Gasteiger partial charge in [-0.25, -0.2) is 9.78 Å². The second kappa shape index (κ2) is 8.52. The molecule has 3 amide bonds. The minimum Gasteiger partial charge on any atom is -0.495 e. The molecule has 3 N–H and O–H groups in total. The summed E-state index contributed by atoms with van der Waals surface area (Å²) in [5.41, 5.74) is 1.24. The fourth-order valence-corrected chi connectivity index (χ4v) is 3.04. The Bertz CT molecular complexity index is 962. The Balaban J connectivity index is 1.64. The van der Waals surface area contributed by atoms with Crippen molar-refractivity contribution in [2.24, 2.45) is 0 Å². The van der Waals surface area contributed by atoms with Crippen molar-refractivity contribution in [3.05, 3.63) is 64.6 Å². The monoisotopic (exact) mass is 402 g/mol. The van der Waals surface area contributed by atoms with E-state index in [9.17, 15) is 9.59 Å². The molecule has 2 aromatic carbocycles. The summed E-state index contributed by atoms with van der Waals surface area (Å²) in [4.78, 5) is 28.5. The highest BCUT2D eigenvalue weighted by atomic mass is 35.5. The molecule has 0 aliphatic carbocycles. The maximum Gasteiger partial charge on any atom is 0.325 e. The van der Waals surface area contributed by atoms with Crippen LogP contribution in [0.5, 0.6) is 5.75 Å². The van der Waals surface area contributed by atoms with Gasteiger partial charge in [-0.05, 0) is 30.3 Å². The van der Waals surface area contributed by atoms with Gasteiger partial charge in [-0.3, -0.25) is 10.1 Å². The number of methoxy groups -OCH3 is 1. The Morgan fingerprint density at radius 3 is 2.59 bits per heavy atom. The van der Waals surface area contributed by atoms with Gasteiger partial charge in [0.1, 0.15) is 11.4 Å². The zero-order valence-corrected chi connectivity index (χ0v) is 15.7. The first-order valence-corrected chi connectivity index (χ1v) is 9.04. The number of para-hydroxylation sites is 1. The van der Waals surface area contributed by atoms with Crippen LogP contribution in [0.2, 0.25) is 5.02 Å². The number of carbonyl (C=O) groups excluding carboxylic acids is 2. The highest BCUT2D eigenvalue weighted by Gasteiger charge is 2.15. The largest absolute Gasteiger partial charge is 0.495 e. The van der Waals surface area contributed by atoms with E-state index < -0.39 is 11.9 Å². The SMILES string of the molecule is COc1ccc(Cl)cc1NC(=O)c1csc(NC(=O)Nc2ccccc2)n1. The van der Waals surface area contributed by atoms with Crippen molar-refractivity contribution in [3.63, 3.8) is 0 Å². The molecule has 0 fully saturated rings. The number of urea groups is 1. The van der Waals surface area contributed by atoms with Gasteiger partial charge < -0.3 is 15.4 Å². The van der Waals surface area contributed by atoms with E-state index in [1.54, 1.807) is 35.7 Å². The van der Waals surface area contributed by atoms with Crippen molar-refractivity contribution in [1.29, 1.82) is 0 Å². The van der Waals surface area contributed by atoms with E-state index in [1.807, 2.05) is 18.2 Å². The molecule has 0 bridgehead atoms. The quantitative estimate of drug-likeness (QED) is 0.576. The van der Waals surface area contributed by atoms with E-state index >= 15 is 0 Å². The molecule has 0 atom stereocenters. The van der Waals surface area contributed by atoms with Crippen LogP contribution in [0.1, 0.15) is 10.5 Å². The molecule has 0 saturated heterocycles. The molecule has 0 aliphatic heterocycles. The number of ether oxygens (including phenoxy) is 1. The van der Waals surface area contributed by atoms with Crippen LogP contribution in [0.25, 0.3) is 0 Å². The summed E-state index contributed by atoms with van der Waals surface area (Å²) in [7, 11) is 1.50. The molecule has 1 heterocycles. The van der Waals surface area contributed by atoms with Crippen LogP contribution in [0.15, 0.2) is 53.9 Å². The second-order valence-corrected chi connectivity index (χ2v) is 6.58. The standard InChI is InChI=1S/C18H15ClN4O3S/c1-26-15-8-7-11(19)9-13(15)21-16(24)14-10-27-18(22-14)23-17(25)20-12-5-3-2-4-6-12/h2-10H,1H3,(H,21,24)(H2,20,22,23,25). The summed E-state index contributed by atoms with van der Waals surface area (Å²) in [6.07, 6.45) is 0. The first kappa shape index (κ1) is 18.7. The van der Waals surface area contributed by atoms with E-state index in [0.29, 0.717) is 27.3 Å². The Labute approximate surface area is 164 Å². The van der Waals surface area contributed by atoms with Crippen LogP contribution in [0, 0.1) is 0 Å². The number of hydrogen-bond donors (Lipinski definition) is 3. The number of amides is 3. The number of aromatic nitrogens is 1. The first-order chi connectivity index (χ1) is 13.0. The van der Waals surface area contributed by atoms with E-state index in [-0.39, 0.29) is 5.69 Å². The lowest BCUT2D eigenvalue weighted by Crippen LogP contribution is -2.19. The molecule has 27 heavy (non-hydrogen) atoms. The smallest absolute Gasteiger partial charge is 0.325 e. The number of nitrogens with one attached hydrogen (secondary N) is 3. The predicted molar refractivity (Wildman–Crippen MR) is 107 cm³/mol. The number of halogens is 1. The number of anilines is 3. The maximum atomic E-state index is 12.4. The third kappa shape index (κ3) is 4.96. The van der Waals surface area contributed by atoms with Crippen LogP contribution < -0.4 is 20.7 Å². The molecule has 0 aliphatic rings. The Morgan fingerprint density at radius 2 is 1.85 bits per heavy atom. The number of rotatable bonds is 5. The molecule has 1 aromatic heterocycles. The van der Waals surface area contributed by atoms with E-state index in [4.69, 9.17) is 16.3 Å². The summed E-state index contributed by atoms with van der Waals surface area (Å²) < 4.78 is 5.20. The molecule has 0 spiro atoms. The van der Waals surface area contributed by atoms with Gasteiger partial charge in [0.2, 0.25) is 0 Å². The second-order valence-electron chi connectivity index (χ2n) is 5.28. The first-order valence-electron chi connectivity index (χ1n) is 7.78. The van der Waals surface area contributed by atoms with Crippen LogP contribution >= 0.6 is 22.9 Å². The van der Waals surface area contributed by atoms with Crippen LogP contribution in [0.4, 0.5) is 21.3 Å². The highest BCUT2D eigenvalue weighted by Crippen LogP contribution is 2.28. The van der Waals surface area contributed by atoms with E-state index in [2.05, 4.69) is 20.9 Å². The normalized spacial score (nSPS) is 10.1. The average molecular weight is 403 g/mol. The van der Waals surface area contributed by atoms with Crippen molar-refractivity contribution in [2.45, 2.75) is 0 Å². The molecule has 7 nitrogen and oxygen atoms in total. The molecular formula is C18H15ClN4O3S. The summed E-state index contributed by atoms with van der Waals surface area (Å²) >= 11 is 7.10. The molecule has 0 saturated carbocycles. The molecule has 3 aromatic rings. The van der Waals surface area contributed by atoms with Gasteiger partial charge in [-0.15, -0.1) is 11.3 Å². The third-order valence-corrected chi connectivity index (χ3v) is 4.39. The molecule has 3 rings (SSSR count). The number of nitrogens with zero attached hydrogens (tertiary/aromatic N) is 1. The van der Waals surface area contributed by atoms with Crippen molar-refractivity contribution >= 4 is 51.4 Å². The lowest BCUT2D eigenvalue weighted by molar-refractivity contribution is 0.102. The topological polar surface area (TPSA) is 92.4 Å². The molecule has 0 unspecified atom stereocenters. The predicted octanol–water partition coefficient (Wildman–Crippen LogP) is 4.70. The van der Waals surface area contributed by atoms with Gasteiger partial charge >= 0.3 is 6.03 Å². The number of thiazole rings is 1. The Kier molecular flexibility index (Phi) is 5.90. The van der Waals surface area contributed by atoms with Gasteiger partial charge in [0.25, 0.3) is 5.91 Å². The average Bonchev–Trinajstić information content (AvgIpc) is 3.11. The fraction of sp³-hybridized carbons (Fsp3) is 0.0556. The minimum absolute atomic E-state index is 0.164. The van der Waals surface area contributed by atoms with Gasteiger partial charge in [0.05, 0.1) is 12.8 Å². The van der Waals surface area contributed by atoms with Crippen molar-refractivity contribution in [2.75, 3.05) is 23.1 Å². The van der Waals surface area contributed by atoms with Gasteiger partial charge in [-0.1, -0.05) is 29.8 Å². The van der Waals surface area contributed by atoms with E-state index in [1.165, 1.54) is 7.11 Å². The minimum atomic E-state index is -0.445. The Morgan fingerprint density at radius 1 is 1.07 bits per heavy atom. The third-order valence-electron chi connectivity index (χ3n) is 3.40. The molecule has 9 heteroatoms. The zero-order valence-electron chi connectivity index (χ0n) is 14.2. The number of carbonyl (C=O) groups is 2. The summed E-state index contributed by atoms with van der Waals surface area (Å²) in [5.74, 6) is 0.0342. The van der Waals surface area contributed by atoms with Gasteiger partial charge in [-0.2, -0.15) is 0 Å². The summed E-state index contributed by atoms with van der Waals surface area (Å²) in [6.45, 7) is 0. The van der Waals surface area contributed by atoms with Crippen LogP contribution in [-0.2, 0) is 0 Å². The molecule has 0 radical (unpaired) electrons. The summed E-state index contributed by atoms with van der Waals surface area (Å²) in [5, 5.41) is 10.3. The Hall–Kier alpha value is -3.10. The maximum absolute atomic E-state index is 12.4. The van der Waals surface area contributed by atoms with Crippen LogP contribution in [-0.4, -0.2) is 24.0 Å². The van der Waals surface area contributed by atoms with Gasteiger partial charge in [0.15, 0.2) is 5.13 Å². The fourth-order valence-electron chi connectivity index (χ4n) is 2.18. The summed E-state index contributed by atoms with van der Waals surface area (Å²) in [6, 6.07) is 13.4. The lowest BCUT2D eigenvalue weighted by atomic mass is 10.3. The lowest BCUT2D eigenvalue weighted by Gasteiger charge is -2.09. The van der Waals surface area contributed by atoms with E-state index in [0.717, 1.165) is 11.3 Å². The van der Waals surface area contributed by atoms with Gasteiger partial charge in [0, 0.05) is 16.1 Å².